The maximum atomic E-state index is 9.52. The summed E-state index contributed by atoms with van der Waals surface area (Å²) < 4.78 is 5.69. The lowest BCUT2D eigenvalue weighted by Crippen LogP contribution is -2.43. The first-order valence-electron chi connectivity index (χ1n) is 5.69. The Morgan fingerprint density at radius 1 is 1.25 bits per heavy atom. The molecule has 0 saturated carbocycles. The molecular formula is C14H17NO. The number of hydrogen-bond acceptors (Lipinski definition) is 2. The smallest absolute Gasteiger partial charge is 0.0871 e. The van der Waals surface area contributed by atoms with Gasteiger partial charge >= 0.3 is 0 Å². The van der Waals surface area contributed by atoms with Crippen LogP contribution >= 0.6 is 0 Å². The van der Waals surface area contributed by atoms with E-state index in [2.05, 4.69) is 19.9 Å². The Balaban J connectivity index is 2.38. The molecule has 1 heterocycles. The van der Waals surface area contributed by atoms with Crippen molar-refractivity contribution >= 4 is 0 Å². The third-order valence-electron chi connectivity index (χ3n) is 3.29. The monoisotopic (exact) mass is 215 g/mol. The van der Waals surface area contributed by atoms with Crippen molar-refractivity contribution in [3.05, 3.63) is 35.9 Å². The van der Waals surface area contributed by atoms with Gasteiger partial charge in [0.2, 0.25) is 0 Å². The van der Waals surface area contributed by atoms with Crippen LogP contribution in [-0.4, -0.2) is 12.2 Å². The first-order valence-corrected chi connectivity index (χ1v) is 5.69. The van der Waals surface area contributed by atoms with Gasteiger partial charge in [-0.05, 0) is 32.3 Å². The maximum Gasteiger partial charge on any atom is 0.0871 e. The highest BCUT2D eigenvalue weighted by Crippen LogP contribution is 2.40. The van der Waals surface area contributed by atoms with Gasteiger partial charge in [-0.25, -0.2) is 0 Å². The Kier molecular flexibility index (Phi) is 2.73. The van der Waals surface area contributed by atoms with Gasteiger partial charge in [0.25, 0.3) is 0 Å². The van der Waals surface area contributed by atoms with E-state index in [0.29, 0.717) is 6.61 Å². The van der Waals surface area contributed by atoms with Crippen LogP contribution in [0.3, 0.4) is 0 Å². The van der Waals surface area contributed by atoms with Gasteiger partial charge < -0.3 is 4.74 Å². The SMILES string of the molecule is CC1(C)CC(C#N)(c2ccccc2)CCO1. The molecule has 2 heteroatoms. The number of benzene rings is 1. The van der Waals surface area contributed by atoms with Crippen LogP contribution in [0.15, 0.2) is 30.3 Å². The summed E-state index contributed by atoms with van der Waals surface area (Å²) in [5.41, 5.74) is 0.543. The summed E-state index contributed by atoms with van der Waals surface area (Å²) in [6, 6.07) is 12.6. The number of nitriles is 1. The zero-order chi connectivity index (χ0) is 11.6. The lowest BCUT2D eigenvalue weighted by molar-refractivity contribution is -0.0716. The van der Waals surface area contributed by atoms with Crippen LogP contribution in [0, 0.1) is 11.3 Å². The summed E-state index contributed by atoms with van der Waals surface area (Å²) in [5, 5.41) is 9.52. The fourth-order valence-electron chi connectivity index (χ4n) is 2.53. The van der Waals surface area contributed by atoms with Crippen LogP contribution in [0.2, 0.25) is 0 Å². The van der Waals surface area contributed by atoms with E-state index in [1.165, 1.54) is 0 Å². The standard InChI is InChI=1S/C14H17NO/c1-13(2)10-14(11-15,8-9-16-13)12-6-4-3-5-7-12/h3-7H,8-10H2,1-2H3. The van der Waals surface area contributed by atoms with Gasteiger partial charge in [0.15, 0.2) is 0 Å². The van der Waals surface area contributed by atoms with E-state index >= 15 is 0 Å². The molecule has 0 aromatic heterocycles. The van der Waals surface area contributed by atoms with Gasteiger partial charge in [0.05, 0.1) is 17.1 Å². The van der Waals surface area contributed by atoms with Gasteiger partial charge in [0.1, 0.15) is 0 Å². The fourth-order valence-corrected chi connectivity index (χ4v) is 2.53. The lowest BCUT2D eigenvalue weighted by Gasteiger charge is -2.41. The van der Waals surface area contributed by atoms with Crippen LogP contribution in [0.25, 0.3) is 0 Å². The highest BCUT2D eigenvalue weighted by atomic mass is 16.5. The molecule has 0 bridgehead atoms. The Morgan fingerprint density at radius 2 is 1.94 bits per heavy atom. The van der Waals surface area contributed by atoms with E-state index in [4.69, 9.17) is 4.74 Å². The predicted molar refractivity (Wildman–Crippen MR) is 63.0 cm³/mol. The molecular weight excluding hydrogens is 198 g/mol. The average Bonchev–Trinajstić information content (AvgIpc) is 2.29. The van der Waals surface area contributed by atoms with E-state index in [1.54, 1.807) is 0 Å². The van der Waals surface area contributed by atoms with E-state index in [-0.39, 0.29) is 11.0 Å². The molecule has 1 atom stereocenters. The minimum absolute atomic E-state index is 0.205. The van der Waals surface area contributed by atoms with Crippen molar-refractivity contribution in [2.45, 2.75) is 37.7 Å². The van der Waals surface area contributed by atoms with Crippen LogP contribution in [-0.2, 0) is 10.2 Å². The molecule has 1 aromatic carbocycles. The number of rotatable bonds is 1. The van der Waals surface area contributed by atoms with Crippen molar-refractivity contribution in [1.29, 1.82) is 5.26 Å². The van der Waals surface area contributed by atoms with Crippen molar-refractivity contribution in [3.63, 3.8) is 0 Å². The highest BCUT2D eigenvalue weighted by molar-refractivity contribution is 5.33. The number of hydrogen-bond donors (Lipinski definition) is 0. The second-order valence-electron chi connectivity index (χ2n) is 5.09. The molecule has 1 aliphatic heterocycles. The summed E-state index contributed by atoms with van der Waals surface area (Å²) in [5.74, 6) is 0. The third kappa shape index (κ3) is 1.96. The molecule has 0 N–H and O–H groups in total. The first-order chi connectivity index (χ1) is 7.58. The Morgan fingerprint density at radius 3 is 2.50 bits per heavy atom. The van der Waals surface area contributed by atoms with Crippen molar-refractivity contribution < 1.29 is 4.74 Å². The highest BCUT2D eigenvalue weighted by Gasteiger charge is 2.42. The van der Waals surface area contributed by atoms with E-state index in [9.17, 15) is 5.26 Å². The molecule has 1 unspecified atom stereocenters. The van der Waals surface area contributed by atoms with Gasteiger partial charge in [-0.2, -0.15) is 5.26 Å². The molecule has 0 spiro atoms. The molecule has 1 saturated heterocycles. The molecule has 1 aliphatic rings. The summed E-state index contributed by atoms with van der Waals surface area (Å²) in [7, 11) is 0. The van der Waals surface area contributed by atoms with Crippen molar-refractivity contribution in [1.82, 2.24) is 0 Å². The topological polar surface area (TPSA) is 33.0 Å². The number of nitrogens with zero attached hydrogens (tertiary/aromatic N) is 1. The van der Waals surface area contributed by atoms with Gasteiger partial charge in [-0.3, -0.25) is 0 Å². The van der Waals surface area contributed by atoms with Gasteiger partial charge in [-0.1, -0.05) is 30.3 Å². The maximum absolute atomic E-state index is 9.52. The second kappa shape index (κ2) is 3.92. The fraction of sp³-hybridized carbons (Fsp3) is 0.500. The summed E-state index contributed by atoms with van der Waals surface area (Å²) >= 11 is 0. The van der Waals surface area contributed by atoms with Crippen LogP contribution in [0.1, 0.15) is 32.3 Å². The van der Waals surface area contributed by atoms with E-state index in [1.807, 2.05) is 30.3 Å². The zero-order valence-corrected chi connectivity index (χ0v) is 9.86. The largest absolute Gasteiger partial charge is 0.375 e. The molecule has 1 aromatic rings. The van der Waals surface area contributed by atoms with Gasteiger partial charge in [0, 0.05) is 6.61 Å². The normalized spacial score (nSPS) is 28.3. The number of ether oxygens (including phenoxy) is 1. The second-order valence-corrected chi connectivity index (χ2v) is 5.09. The summed E-state index contributed by atoms with van der Waals surface area (Å²) in [6.45, 7) is 4.78. The molecule has 2 nitrogen and oxygen atoms in total. The molecule has 0 radical (unpaired) electrons. The van der Waals surface area contributed by atoms with Crippen LogP contribution in [0.4, 0.5) is 0 Å². The predicted octanol–water partition coefficient (Wildman–Crippen LogP) is 3.04. The minimum Gasteiger partial charge on any atom is -0.375 e. The van der Waals surface area contributed by atoms with Crippen molar-refractivity contribution in [2.75, 3.05) is 6.61 Å². The summed E-state index contributed by atoms with van der Waals surface area (Å²) in [6.07, 6.45) is 1.55. The average molecular weight is 215 g/mol. The molecule has 2 rings (SSSR count). The minimum atomic E-state index is -0.372. The molecule has 0 amide bonds. The van der Waals surface area contributed by atoms with Gasteiger partial charge in [-0.15, -0.1) is 0 Å². The van der Waals surface area contributed by atoms with Crippen molar-refractivity contribution in [3.8, 4) is 6.07 Å². The third-order valence-corrected chi connectivity index (χ3v) is 3.29. The van der Waals surface area contributed by atoms with Crippen LogP contribution < -0.4 is 0 Å². The van der Waals surface area contributed by atoms with E-state index in [0.717, 1.165) is 18.4 Å². The Bertz CT molecular complexity index is 404. The Labute approximate surface area is 96.9 Å². The zero-order valence-electron chi connectivity index (χ0n) is 9.86. The lowest BCUT2D eigenvalue weighted by atomic mass is 9.70. The Hall–Kier alpha value is -1.33. The van der Waals surface area contributed by atoms with Crippen molar-refractivity contribution in [2.24, 2.45) is 0 Å². The molecule has 84 valence electrons. The van der Waals surface area contributed by atoms with Crippen LogP contribution in [0.5, 0.6) is 0 Å². The van der Waals surface area contributed by atoms with E-state index < -0.39 is 0 Å². The molecule has 16 heavy (non-hydrogen) atoms. The summed E-state index contributed by atoms with van der Waals surface area (Å²) in [4.78, 5) is 0. The quantitative estimate of drug-likeness (QED) is 0.721. The molecule has 1 fully saturated rings. The molecule has 0 aliphatic carbocycles. The first kappa shape index (κ1) is 11.2.